The zero-order chi connectivity index (χ0) is 40.0. The van der Waals surface area contributed by atoms with Gasteiger partial charge in [0, 0.05) is 85.8 Å². The molecule has 0 radical (unpaired) electrons. The van der Waals surface area contributed by atoms with E-state index in [4.69, 9.17) is 14.5 Å². The molecule has 0 fully saturated rings. The number of methoxy groups -OCH3 is 2. The summed E-state index contributed by atoms with van der Waals surface area (Å²) in [5.41, 5.74) is 8.99. The van der Waals surface area contributed by atoms with Gasteiger partial charge < -0.3 is 35.2 Å². The third-order valence-corrected chi connectivity index (χ3v) is 11.1. The van der Waals surface area contributed by atoms with E-state index in [2.05, 4.69) is 78.5 Å². The second-order valence-corrected chi connectivity index (χ2v) is 15.2. The molecule has 2 bridgehead atoms. The van der Waals surface area contributed by atoms with E-state index in [-0.39, 0.29) is 11.8 Å². The second kappa shape index (κ2) is 17.5. The Balaban J connectivity index is 0.739. The Hall–Kier alpha value is -6.21. The minimum atomic E-state index is -0.131. The zero-order valence-corrected chi connectivity index (χ0v) is 33.5. The summed E-state index contributed by atoms with van der Waals surface area (Å²) >= 11 is 0. The molecule has 0 spiro atoms. The van der Waals surface area contributed by atoms with Crippen molar-refractivity contribution >= 4 is 56.4 Å². The lowest BCUT2D eigenvalue weighted by Crippen LogP contribution is -2.55. The van der Waals surface area contributed by atoms with Crippen molar-refractivity contribution < 1.29 is 19.1 Å². The van der Waals surface area contributed by atoms with Gasteiger partial charge in [-0.2, -0.15) is 0 Å². The van der Waals surface area contributed by atoms with Crippen LogP contribution in [0, 0.1) is 0 Å². The maximum Gasteiger partial charge on any atom is 0.225 e. The summed E-state index contributed by atoms with van der Waals surface area (Å²) in [5, 5.41) is 19.7. The van der Waals surface area contributed by atoms with Crippen LogP contribution in [0.2, 0.25) is 0 Å². The molecule has 6 aromatic rings. The van der Waals surface area contributed by atoms with E-state index in [0.717, 1.165) is 77.9 Å². The monoisotopic (exact) mass is 781 g/mol. The Morgan fingerprint density at radius 1 is 0.741 bits per heavy atom. The number of pyridine rings is 1. The smallest absolute Gasteiger partial charge is 0.225 e. The lowest BCUT2D eigenvalue weighted by Gasteiger charge is -2.51. The number of nitrogens with one attached hydrogen (secondary N) is 3. The van der Waals surface area contributed by atoms with Gasteiger partial charge in [0.25, 0.3) is 0 Å². The average Bonchev–Trinajstić information content (AvgIpc) is 3.68. The molecular weight excluding hydrogens is 731 g/mol. The van der Waals surface area contributed by atoms with Crippen molar-refractivity contribution in [3.8, 4) is 11.5 Å². The SMILES string of the molecule is COc1ccc2c(c1)CN1c3ccc(OC)cc3CN2C1CCCCCCCn1cc(CNCCC(=O)Nc2ccc3cc4ccc(NC(C)=O)cc4nc3c2)nn1. The normalized spacial score (nSPS) is 13.4. The van der Waals surface area contributed by atoms with E-state index in [1.165, 1.54) is 48.7 Å². The summed E-state index contributed by atoms with van der Waals surface area (Å²) in [4.78, 5) is 34.1. The number of nitrogens with zero attached hydrogens (tertiary/aromatic N) is 6. The molecule has 0 saturated heterocycles. The molecule has 2 amide bonds. The number of hydrogen-bond donors (Lipinski definition) is 3. The van der Waals surface area contributed by atoms with Gasteiger partial charge in [-0.3, -0.25) is 14.3 Å². The van der Waals surface area contributed by atoms with Crippen molar-refractivity contribution in [3.63, 3.8) is 0 Å². The van der Waals surface area contributed by atoms with Crippen molar-refractivity contribution in [1.82, 2.24) is 25.3 Å². The largest absolute Gasteiger partial charge is 0.497 e. The highest BCUT2D eigenvalue weighted by Gasteiger charge is 2.37. The number of aryl methyl sites for hydroxylation is 1. The molecule has 0 aliphatic carbocycles. The topological polar surface area (TPSA) is 139 Å². The summed E-state index contributed by atoms with van der Waals surface area (Å²) in [5.74, 6) is 1.58. The molecular formula is C45H51N9O4. The zero-order valence-electron chi connectivity index (χ0n) is 33.5. The summed E-state index contributed by atoms with van der Waals surface area (Å²) in [6.07, 6.45) is 9.51. The van der Waals surface area contributed by atoms with Crippen molar-refractivity contribution in [2.45, 2.75) is 84.2 Å². The van der Waals surface area contributed by atoms with Crippen LogP contribution in [0.25, 0.3) is 21.8 Å². The fourth-order valence-corrected chi connectivity index (χ4v) is 8.22. The maximum absolute atomic E-state index is 12.7. The molecule has 2 aliphatic heterocycles. The van der Waals surface area contributed by atoms with Crippen LogP contribution in [0.15, 0.2) is 85.1 Å². The number of anilines is 4. The van der Waals surface area contributed by atoms with E-state index < -0.39 is 0 Å². The standard InChI is InChI=1S/C45H51N9O4/c1-30(55)47-35-12-10-31-21-32-11-13-36(25-41(32)49-40(31)24-35)48-44(56)18-19-46-26-37-29-52(51-50-37)20-8-6-4-5-7-9-45-53-27-33-22-38(57-2)14-16-42(33)54(45)28-34-23-39(58-3)15-17-43(34)53/h10-17,21-25,29,45-46H,4-9,18-20,26-28H2,1-3H3,(H,47,55)(H,48,56). The van der Waals surface area contributed by atoms with Crippen LogP contribution < -0.4 is 35.2 Å². The molecule has 8 rings (SSSR count). The van der Waals surface area contributed by atoms with Gasteiger partial charge in [0.15, 0.2) is 0 Å². The molecule has 2 aliphatic rings. The first-order valence-corrected chi connectivity index (χ1v) is 20.2. The number of carbonyl (C=O) groups is 2. The molecule has 0 atom stereocenters. The molecule has 3 N–H and O–H groups in total. The fraction of sp³-hybridized carbons (Fsp3) is 0.356. The number of benzene rings is 4. The number of unbranched alkanes of at least 4 members (excludes halogenated alkanes) is 4. The van der Waals surface area contributed by atoms with Gasteiger partial charge in [-0.25, -0.2) is 4.98 Å². The minimum Gasteiger partial charge on any atom is -0.497 e. The first-order chi connectivity index (χ1) is 28.3. The lowest BCUT2D eigenvalue weighted by molar-refractivity contribution is -0.116. The van der Waals surface area contributed by atoms with Crippen LogP contribution >= 0.6 is 0 Å². The molecule has 13 nitrogen and oxygen atoms in total. The summed E-state index contributed by atoms with van der Waals surface area (Å²) in [6.45, 7) is 5.11. The van der Waals surface area contributed by atoms with Gasteiger partial charge in [-0.1, -0.05) is 36.6 Å². The average molecular weight is 782 g/mol. The molecule has 300 valence electrons. The summed E-state index contributed by atoms with van der Waals surface area (Å²) in [6, 6.07) is 26.4. The Morgan fingerprint density at radius 3 is 2.00 bits per heavy atom. The Bertz CT molecular complexity index is 2370. The van der Waals surface area contributed by atoms with Crippen LogP contribution in [0.3, 0.4) is 0 Å². The highest BCUT2D eigenvalue weighted by molar-refractivity contribution is 5.99. The molecule has 13 heteroatoms. The van der Waals surface area contributed by atoms with E-state index in [0.29, 0.717) is 37.1 Å². The number of fused-ring (bicyclic) bond motifs is 8. The number of amides is 2. The van der Waals surface area contributed by atoms with Crippen molar-refractivity contribution in [1.29, 1.82) is 0 Å². The third kappa shape index (κ3) is 8.84. The van der Waals surface area contributed by atoms with Gasteiger partial charge >= 0.3 is 0 Å². The summed E-state index contributed by atoms with van der Waals surface area (Å²) < 4.78 is 13.0. The van der Waals surface area contributed by atoms with Gasteiger partial charge in [0.05, 0.1) is 30.9 Å². The number of ether oxygens (including phenoxy) is 2. The van der Waals surface area contributed by atoms with E-state index >= 15 is 0 Å². The van der Waals surface area contributed by atoms with Crippen LogP contribution in [-0.4, -0.2) is 58.7 Å². The highest BCUT2D eigenvalue weighted by atomic mass is 16.5. The molecule has 2 aromatic heterocycles. The quantitative estimate of drug-likeness (QED) is 0.0621. The van der Waals surface area contributed by atoms with Gasteiger partial charge in [0.2, 0.25) is 11.8 Å². The van der Waals surface area contributed by atoms with Crippen LogP contribution in [0.4, 0.5) is 22.7 Å². The van der Waals surface area contributed by atoms with E-state index in [1.807, 2.05) is 47.3 Å². The Labute approximate surface area is 338 Å². The van der Waals surface area contributed by atoms with Gasteiger partial charge in [0.1, 0.15) is 17.7 Å². The van der Waals surface area contributed by atoms with E-state index in [9.17, 15) is 9.59 Å². The number of carbonyl (C=O) groups excluding carboxylic acids is 2. The molecule has 58 heavy (non-hydrogen) atoms. The predicted octanol–water partition coefficient (Wildman–Crippen LogP) is 7.78. The number of aromatic nitrogens is 4. The second-order valence-electron chi connectivity index (χ2n) is 15.2. The summed E-state index contributed by atoms with van der Waals surface area (Å²) in [7, 11) is 3.46. The number of hydrogen-bond acceptors (Lipinski definition) is 10. The van der Waals surface area contributed by atoms with Crippen LogP contribution in [-0.2, 0) is 35.8 Å². The van der Waals surface area contributed by atoms with Crippen LogP contribution in [0.5, 0.6) is 11.5 Å². The molecule has 0 unspecified atom stereocenters. The van der Waals surface area contributed by atoms with Gasteiger partial charge in [-0.05, 0) is 97.1 Å². The maximum atomic E-state index is 12.7. The Kier molecular flexibility index (Phi) is 11.7. The van der Waals surface area contributed by atoms with Gasteiger partial charge in [-0.15, -0.1) is 5.10 Å². The molecule has 0 saturated carbocycles. The molecule has 4 heterocycles. The van der Waals surface area contributed by atoms with Crippen LogP contribution in [0.1, 0.15) is 68.7 Å². The molecule has 4 aromatic carbocycles. The third-order valence-electron chi connectivity index (χ3n) is 11.1. The van der Waals surface area contributed by atoms with Crippen molar-refractivity contribution in [2.24, 2.45) is 0 Å². The van der Waals surface area contributed by atoms with E-state index in [1.54, 1.807) is 14.2 Å². The Morgan fingerprint density at radius 2 is 1.36 bits per heavy atom. The predicted molar refractivity (Wildman–Crippen MR) is 228 cm³/mol. The lowest BCUT2D eigenvalue weighted by atomic mass is 9.95. The minimum absolute atomic E-state index is 0.0846. The first kappa shape index (κ1) is 38.7. The highest BCUT2D eigenvalue weighted by Crippen LogP contribution is 2.44. The number of rotatable bonds is 17. The fourth-order valence-electron chi connectivity index (χ4n) is 8.22. The van der Waals surface area contributed by atoms with Crippen molar-refractivity contribution in [2.75, 3.05) is 41.2 Å². The first-order valence-electron chi connectivity index (χ1n) is 20.2. The van der Waals surface area contributed by atoms with Crippen molar-refractivity contribution in [3.05, 3.63) is 102 Å².